The lowest BCUT2D eigenvalue weighted by atomic mass is 10.2. The highest BCUT2D eigenvalue weighted by molar-refractivity contribution is 5.96. The first kappa shape index (κ1) is 21.4. The van der Waals surface area contributed by atoms with Crippen LogP contribution in [0.1, 0.15) is 16.8 Å². The van der Waals surface area contributed by atoms with E-state index in [9.17, 15) is 9.90 Å². The number of hydrogen-bond donors (Lipinski definition) is 2. The van der Waals surface area contributed by atoms with Crippen molar-refractivity contribution in [2.24, 2.45) is 4.99 Å². The fourth-order valence-corrected chi connectivity index (χ4v) is 4.09. The molecule has 1 amide bonds. The number of ether oxygens (including phenoxy) is 2. The first-order valence-electron chi connectivity index (χ1n) is 11.0. The van der Waals surface area contributed by atoms with Crippen LogP contribution in [0.25, 0.3) is 10.9 Å². The summed E-state index contributed by atoms with van der Waals surface area (Å²) in [6.07, 6.45) is 3.66. The molecule has 1 aromatic carbocycles. The van der Waals surface area contributed by atoms with Gasteiger partial charge in [0.15, 0.2) is 11.5 Å². The Labute approximate surface area is 190 Å². The molecule has 4 heterocycles. The summed E-state index contributed by atoms with van der Waals surface area (Å²) in [5.41, 5.74) is 1.20. The van der Waals surface area contributed by atoms with E-state index in [1.54, 1.807) is 25.4 Å². The molecule has 2 N–H and O–H groups in total. The van der Waals surface area contributed by atoms with Gasteiger partial charge in [-0.3, -0.25) is 14.3 Å². The molecule has 172 valence electrons. The van der Waals surface area contributed by atoms with Crippen molar-refractivity contribution in [2.45, 2.75) is 19.1 Å². The third kappa shape index (κ3) is 4.27. The van der Waals surface area contributed by atoms with Gasteiger partial charge >= 0.3 is 0 Å². The molecule has 1 saturated heterocycles. The molecular weight excluding hydrogens is 424 g/mol. The highest BCUT2D eigenvalue weighted by Crippen LogP contribution is 2.37. The number of benzene rings is 1. The molecule has 33 heavy (non-hydrogen) atoms. The number of carbonyl (C=O) groups excluding carboxylic acids is 1. The molecule has 10 heteroatoms. The minimum Gasteiger partial charge on any atom is -0.491 e. The van der Waals surface area contributed by atoms with Crippen LogP contribution in [0.3, 0.4) is 0 Å². The van der Waals surface area contributed by atoms with Crippen molar-refractivity contribution in [1.29, 1.82) is 0 Å². The van der Waals surface area contributed by atoms with Crippen LogP contribution in [0.4, 0.5) is 5.82 Å². The number of carbonyl (C=O) groups is 1. The molecule has 2 aromatic heterocycles. The molecule has 10 nitrogen and oxygen atoms in total. The van der Waals surface area contributed by atoms with Gasteiger partial charge in [-0.05, 0) is 43.8 Å². The summed E-state index contributed by atoms with van der Waals surface area (Å²) >= 11 is 0. The third-order valence-corrected chi connectivity index (χ3v) is 5.86. The topological polar surface area (TPSA) is 114 Å². The zero-order valence-corrected chi connectivity index (χ0v) is 18.4. The molecule has 5 rings (SSSR count). The summed E-state index contributed by atoms with van der Waals surface area (Å²) in [6, 6.07) is 7.08. The monoisotopic (exact) mass is 450 g/mol. The van der Waals surface area contributed by atoms with Gasteiger partial charge in [0.05, 0.1) is 12.7 Å². The number of pyridine rings is 1. The average molecular weight is 450 g/mol. The van der Waals surface area contributed by atoms with E-state index >= 15 is 0 Å². The van der Waals surface area contributed by atoms with Crippen LogP contribution in [0.5, 0.6) is 11.5 Å². The normalized spacial score (nSPS) is 16.7. The van der Waals surface area contributed by atoms with Gasteiger partial charge in [0, 0.05) is 37.4 Å². The SMILES string of the molecule is COc1c(OCC(O)CN2CCC2)ccc2c3n(c(=NC(=O)c4cccnc4)nc12)CCN3. The van der Waals surface area contributed by atoms with E-state index in [4.69, 9.17) is 9.47 Å². The molecule has 0 bridgehead atoms. The molecule has 0 radical (unpaired) electrons. The summed E-state index contributed by atoms with van der Waals surface area (Å²) in [4.78, 5) is 27.8. The predicted molar refractivity (Wildman–Crippen MR) is 121 cm³/mol. The number of aliphatic hydroxyl groups is 1. The lowest BCUT2D eigenvalue weighted by Gasteiger charge is -2.32. The molecule has 2 aliphatic rings. The number of anilines is 1. The van der Waals surface area contributed by atoms with E-state index in [2.05, 4.69) is 25.2 Å². The smallest absolute Gasteiger partial charge is 0.281 e. The summed E-state index contributed by atoms with van der Waals surface area (Å²) in [5, 5.41) is 14.5. The van der Waals surface area contributed by atoms with Gasteiger partial charge in [0.2, 0.25) is 5.62 Å². The number of β-amino-alcohol motifs (C(OH)–C–C–N with tert-alkyl or cyclic N) is 1. The molecular formula is C23H26N6O4. The van der Waals surface area contributed by atoms with Crippen molar-refractivity contribution in [3.05, 3.63) is 47.8 Å². The van der Waals surface area contributed by atoms with E-state index in [-0.39, 0.29) is 12.2 Å². The van der Waals surface area contributed by atoms with Crippen molar-refractivity contribution < 1.29 is 19.4 Å². The van der Waals surface area contributed by atoms with Gasteiger partial charge in [-0.2, -0.15) is 4.99 Å². The number of fused-ring (bicyclic) bond motifs is 3. The molecule has 1 unspecified atom stereocenters. The Morgan fingerprint density at radius 1 is 1.30 bits per heavy atom. The Bertz CT molecular complexity index is 1240. The van der Waals surface area contributed by atoms with Gasteiger partial charge in [0.25, 0.3) is 5.91 Å². The summed E-state index contributed by atoms with van der Waals surface area (Å²) in [6.45, 7) is 4.10. The first-order chi connectivity index (χ1) is 16.1. The number of amides is 1. The fourth-order valence-electron chi connectivity index (χ4n) is 4.09. The van der Waals surface area contributed by atoms with Crippen molar-refractivity contribution >= 4 is 22.6 Å². The van der Waals surface area contributed by atoms with E-state index in [1.807, 2.05) is 16.7 Å². The first-order valence-corrected chi connectivity index (χ1v) is 11.0. The fraction of sp³-hybridized carbons (Fsp3) is 0.391. The third-order valence-electron chi connectivity index (χ3n) is 5.86. The van der Waals surface area contributed by atoms with E-state index < -0.39 is 12.0 Å². The Morgan fingerprint density at radius 2 is 2.18 bits per heavy atom. The van der Waals surface area contributed by atoms with Gasteiger partial charge in [-0.15, -0.1) is 0 Å². The molecule has 0 aliphatic carbocycles. The molecule has 3 aromatic rings. The van der Waals surface area contributed by atoms with Crippen LogP contribution >= 0.6 is 0 Å². The number of aromatic nitrogens is 3. The summed E-state index contributed by atoms with van der Waals surface area (Å²) < 4.78 is 13.4. The minimum absolute atomic E-state index is 0.146. The van der Waals surface area contributed by atoms with E-state index in [0.29, 0.717) is 42.2 Å². The van der Waals surface area contributed by atoms with Crippen LogP contribution in [0.2, 0.25) is 0 Å². The number of nitrogens with one attached hydrogen (secondary N) is 1. The van der Waals surface area contributed by atoms with Crippen molar-refractivity contribution in [2.75, 3.05) is 45.2 Å². The van der Waals surface area contributed by atoms with E-state index in [1.165, 1.54) is 12.6 Å². The van der Waals surface area contributed by atoms with Crippen LogP contribution in [-0.2, 0) is 6.54 Å². The van der Waals surface area contributed by atoms with Crippen LogP contribution < -0.4 is 20.4 Å². The minimum atomic E-state index is -0.599. The highest BCUT2D eigenvalue weighted by atomic mass is 16.5. The number of aliphatic hydroxyl groups excluding tert-OH is 1. The lowest BCUT2D eigenvalue weighted by Crippen LogP contribution is -2.43. The zero-order valence-electron chi connectivity index (χ0n) is 18.4. The second-order valence-corrected chi connectivity index (χ2v) is 8.11. The number of hydrogen-bond acceptors (Lipinski definition) is 8. The van der Waals surface area contributed by atoms with Gasteiger partial charge < -0.3 is 24.8 Å². The number of methoxy groups -OCH3 is 1. The maximum absolute atomic E-state index is 12.7. The van der Waals surface area contributed by atoms with Gasteiger partial charge in [-0.1, -0.05) is 0 Å². The van der Waals surface area contributed by atoms with Crippen LogP contribution in [0, 0.1) is 0 Å². The van der Waals surface area contributed by atoms with Crippen molar-refractivity contribution in [3.63, 3.8) is 0 Å². The Morgan fingerprint density at radius 3 is 2.91 bits per heavy atom. The maximum atomic E-state index is 12.7. The zero-order chi connectivity index (χ0) is 22.8. The number of likely N-dealkylation sites (tertiary alicyclic amines) is 1. The quantitative estimate of drug-likeness (QED) is 0.549. The largest absolute Gasteiger partial charge is 0.491 e. The Kier molecular flexibility index (Phi) is 5.93. The second-order valence-electron chi connectivity index (χ2n) is 8.11. The molecule has 0 spiro atoms. The molecule has 2 aliphatic heterocycles. The second kappa shape index (κ2) is 9.16. The van der Waals surface area contributed by atoms with Crippen LogP contribution in [-0.4, -0.2) is 76.4 Å². The van der Waals surface area contributed by atoms with Gasteiger partial charge in [-0.25, -0.2) is 4.98 Å². The van der Waals surface area contributed by atoms with E-state index in [0.717, 1.165) is 24.3 Å². The average Bonchev–Trinajstić information content (AvgIpc) is 3.31. The lowest BCUT2D eigenvalue weighted by molar-refractivity contribution is 0.0461. The Balaban J connectivity index is 1.51. The summed E-state index contributed by atoms with van der Waals surface area (Å²) in [7, 11) is 1.55. The molecule has 1 atom stereocenters. The number of rotatable bonds is 7. The van der Waals surface area contributed by atoms with Crippen molar-refractivity contribution in [3.8, 4) is 11.5 Å². The van der Waals surface area contributed by atoms with Crippen LogP contribution in [0.15, 0.2) is 41.7 Å². The number of nitrogens with zero attached hydrogens (tertiary/aromatic N) is 5. The predicted octanol–water partition coefficient (Wildman–Crippen LogP) is 1.05. The highest BCUT2D eigenvalue weighted by Gasteiger charge is 2.22. The standard InChI is InChI=1S/C23H26N6O4/c1-32-20-18(33-14-16(30)13-28-9-3-10-28)6-5-17-19(20)26-23(29-11-8-25-21(17)29)27-22(31)15-4-2-7-24-12-15/h2,4-7,12,16,25,30H,3,8-11,13-14H2,1H3. The maximum Gasteiger partial charge on any atom is 0.281 e. The van der Waals surface area contributed by atoms with Gasteiger partial charge in [0.1, 0.15) is 24.0 Å². The van der Waals surface area contributed by atoms with Crippen molar-refractivity contribution in [1.82, 2.24) is 19.4 Å². The Hall–Kier alpha value is -3.50. The summed E-state index contributed by atoms with van der Waals surface area (Å²) in [5.74, 6) is 1.32. The molecule has 1 fully saturated rings. The molecule has 0 saturated carbocycles.